The van der Waals surface area contributed by atoms with Crippen molar-refractivity contribution in [2.24, 2.45) is 7.05 Å². The van der Waals surface area contributed by atoms with E-state index in [2.05, 4.69) is 10.1 Å². The lowest BCUT2D eigenvalue weighted by Crippen LogP contribution is -2.56. The second-order valence-electron chi connectivity index (χ2n) is 5.25. The molecule has 1 amide bonds. The van der Waals surface area contributed by atoms with Gasteiger partial charge in [0.2, 0.25) is 5.88 Å². The molecule has 0 aromatic carbocycles. The molecule has 22 heavy (non-hydrogen) atoms. The lowest BCUT2D eigenvalue weighted by Gasteiger charge is -2.38. The Morgan fingerprint density at radius 3 is 2.73 bits per heavy atom. The van der Waals surface area contributed by atoms with E-state index in [0.29, 0.717) is 19.0 Å². The predicted molar refractivity (Wildman–Crippen MR) is 78.8 cm³/mol. The Hall–Kier alpha value is -2.70. The van der Waals surface area contributed by atoms with Gasteiger partial charge in [-0.15, -0.1) is 0 Å². The molecule has 0 bridgehead atoms. The van der Waals surface area contributed by atoms with Crippen molar-refractivity contribution in [3.8, 4) is 5.88 Å². The second kappa shape index (κ2) is 5.59. The Morgan fingerprint density at radius 1 is 1.27 bits per heavy atom. The van der Waals surface area contributed by atoms with Gasteiger partial charge in [0.25, 0.3) is 11.5 Å². The van der Waals surface area contributed by atoms with E-state index in [1.807, 2.05) is 19.1 Å². The number of nitrogens with zero attached hydrogens (tertiary/aromatic N) is 4. The Morgan fingerprint density at radius 2 is 2.05 bits per heavy atom. The predicted octanol–water partition coefficient (Wildman–Crippen LogP) is 0.387. The highest BCUT2D eigenvalue weighted by atomic mass is 16.5. The normalized spacial score (nSPS) is 14.5. The van der Waals surface area contributed by atoms with Crippen LogP contribution >= 0.6 is 0 Å². The van der Waals surface area contributed by atoms with Gasteiger partial charge in [-0.2, -0.15) is 5.10 Å². The molecule has 2 aromatic heterocycles. The van der Waals surface area contributed by atoms with E-state index in [9.17, 15) is 9.59 Å². The van der Waals surface area contributed by atoms with Crippen molar-refractivity contribution < 1.29 is 9.53 Å². The van der Waals surface area contributed by atoms with E-state index >= 15 is 0 Å². The molecule has 7 nitrogen and oxygen atoms in total. The summed E-state index contributed by atoms with van der Waals surface area (Å²) >= 11 is 0. The molecule has 1 aliphatic rings. The summed E-state index contributed by atoms with van der Waals surface area (Å²) in [6.45, 7) is 2.87. The van der Waals surface area contributed by atoms with E-state index < -0.39 is 0 Å². The zero-order chi connectivity index (χ0) is 15.7. The minimum absolute atomic E-state index is 0.0641. The highest BCUT2D eigenvalue weighted by Crippen LogP contribution is 2.17. The average Bonchev–Trinajstić information content (AvgIpc) is 2.45. The van der Waals surface area contributed by atoms with Crippen molar-refractivity contribution in [2.75, 3.05) is 13.1 Å². The van der Waals surface area contributed by atoms with Gasteiger partial charge in [-0.25, -0.2) is 9.67 Å². The minimum atomic E-state index is -0.244. The van der Waals surface area contributed by atoms with Gasteiger partial charge in [0.1, 0.15) is 11.8 Å². The molecule has 0 spiro atoms. The minimum Gasteiger partial charge on any atom is -0.471 e. The first-order valence-electron chi connectivity index (χ1n) is 6.97. The molecule has 2 aromatic rings. The molecular formula is C15H16N4O3. The lowest BCUT2D eigenvalue weighted by atomic mass is 10.1. The highest BCUT2D eigenvalue weighted by molar-refractivity contribution is 5.92. The molecule has 114 valence electrons. The first kappa shape index (κ1) is 14.2. The maximum Gasteiger partial charge on any atom is 0.274 e. The van der Waals surface area contributed by atoms with Crippen LogP contribution in [0.25, 0.3) is 0 Å². The number of aromatic nitrogens is 3. The average molecular weight is 300 g/mol. The number of carbonyl (C=O) groups excluding carboxylic acids is 1. The van der Waals surface area contributed by atoms with Crippen LogP contribution in [0.15, 0.2) is 35.1 Å². The summed E-state index contributed by atoms with van der Waals surface area (Å²) in [6.07, 6.45) is -0.0641. The van der Waals surface area contributed by atoms with Crippen molar-refractivity contribution in [3.63, 3.8) is 0 Å². The van der Waals surface area contributed by atoms with E-state index in [0.717, 1.165) is 10.4 Å². The molecule has 1 aliphatic heterocycles. The summed E-state index contributed by atoms with van der Waals surface area (Å²) in [6, 6.07) is 8.36. The summed E-state index contributed by atoms with van der Waals surface area (Å²) in [5.74, 6) is 0.366. The van der Waals surface area contributed by atoms with E-state index in [-0.39, 0.29) is 23.3 Å². The maximum atomic E-state index is 12.2. The third kappa shape index (κ3) is 2.83. The van der Waals surface area contributed by atoms with Crippen LogP contribution in [0, 0.1) is 6.92 Å². The van der Waals surface area contributed by atoms with Gasteiger partial charge in [0.15, 0.2) is 0 Å². The van der Waals surface area contributed by atoms with Crippen LogP contribution in [0.5, 0.6) is 5.88 Å². The molecule has 0 radical (unpaired) electrons. The Kier molecular flexibility index (Phi) is 3.62. The Labute approximate surface area is 127 Å². The molecule has 0 unspecified atom stereocenters. The van der Waals surface area contributed by atoms with Gasteiger partial charge < -0.3 is 9.64 Å². The molecule has 1 fully saturated rings. The SMILES string of the molecule is Cc1cccc(OC2CN(C(=O)c3ccc(=O)n(C)n3)C2)n1. The van der Waals surface area contributed by atoms with Crippen LogP contribution < -0.4 is 10.3 Å². The molecule has 0 saturated carbocycles. The molecule has 7 heteroatoms. The third-order valence-corrected chi connectivity index (χ3v) is 3.47. The van der Waals surface area contributed by atoms with E-state index in [1.165, 1.54) is 19.2 Å². The van der Waals surface area contributed by atoms with Crippen molar-refractivity contribution in [1.82, 2.24) is 19.7 Å². The summed E-state index contributed by atoms with van der Waals surface area (Å²) in [7, 11) is 1.52. The highest BCUT2D eigenvalue weighted by Gasteiger charge is 2.33. The Balaban J connectivity index is 1.59. The molecule has 3 rings (SSSR count). The largest absolute Gasteiger partial charge is 0.471 e. The van der Waals surface area contributed by atoms with Crippen LogP contribution in [0.3, 0.4) is 0 Å². The van der Waals surface area contributed by atoms with Gasteiger partial charge in [0.05, 0.1) is 13.1 Å². The lowest BCUT2D eigenvalue weighted by molar-refractivity contribution is 0.0153. The van der Waals surface area contributed by atoms with Crippen molar-refractivity contribution in [1.29, 1.82) is 0 Å². The van der Waals surface area contributed by atoms with Crippen molar-refractivity contribution in [2.45, 2.75) is 13.0 Å². The number of ether oxygens (including phenoxy) is 1. The number of hydrogen-bond acceptors (Lipinski definition) is 5. The number of likely N-dealkylation sites (tertiary alicyclic amines) is 1. The van der Waals surface area contributed by atoms with Crippen LogP contribution in [-0.2, 0) is 7.05 Å². The summed E-state index contributed by atoms with van der Waals surface area (Å²) in [4.78, 5) is 29.4. The molecule has 0 atom stereocenters. The third-order valence-electron chi connectivity index (χ3n) is 3.47. The molecule has 0 N–H and O–H groups in total. The van der Waals surface area contributed by atoms with Gasteiger partial charge in [-0.05, 0) is 19.1 Å². The standard InChI is InChI=1S/C15H16N4O3/c1-10-4-3-5-13(16-10)22-11-8-19(9-11)15(21)12-6-7-14(20)18(2)17-12/h3-7,11H,8-9H2,1-2H3. The van der Waals surface area contributed by atoms with E-state index in [4.69, 9.17) is 4.74 Å². The number of hydrogen-bond donors (Lipinski definition) is 0. The summed E-state index contributed by atoms with van der Waals surface area (Å²) < 4.78 is 6.86. The number of amides is 1. The van der Waals surface area contributed by atoms with Crippen molar-refractivity contribution in [3.05, 3.63) is 52.1 Å². The number of aryl methyl sites for hydroxylation is 2. The molecule has 3 heterocycles. The molecule has 1 saturated heterocycles. The van der Waals surface area contributed by atoms with Crippen LogP contribution in [0.4, 0.5) is 0 Å². The van der Waals surface area contributed by atoms with Gasteiger partial charge >= 0.3 is 0 Å². The zero-order valence-corrected chi connectivity index (χ0v) is 12.4. The maximum absolute atomic E-state index is 12.2. The fraction of sp³-hybridized carbons (Fsp3) is 0.333. The first-order valence-corrected chi connectivity index (χ1v) is 6.97. The quantitative estimate of drug-likeness (QED) is 0.819. The van der Waals surface area contributed by atoms with Gasteiger partial charge in [-0.1, -0.05) is 6.07 Å². The topological polar surface area (TPSA) is 77.3 Å². The van der Waals surface area contributed by atoms with Crippen LogP contribution in [-0.4, -0.2) is 44.8 Å². The van der Waals surface area contributed by atoms with Gasteiger partial charge in [-0.3, -0.25) is 9.59 Å². The smallest absolute Gasteiger partial charge is 0.274 e. The fourth-order valence-electron chi connectivity index (χ4n) is 2.21. The molecule has 0 aliphatic carbocycles. The summed E-state index contributed by atoms with van der Waals surface area (Å²) in [5.41, 5.74) is 0.903. The van der Waals surface area contributed by atoms with Crippen LogP contribution in [0.1, 0.15) is 16.2 Å². The number of pyridine rings is 1. The number of carbonyl (C=O) groups is 1. The zero-order valence-electron chi connectivity index (χ0n) is 12.4. The first-order chi connectivity index (χ1) is 10.5. The monoisotopic (exact) mass is 300 g/mol. The number of rotatable bonds is 3. The summed E-state index contributed by atoms with van der Waals surface area (Å²) in [5, 5.41) is 3.96. The van der Waals surface area contributed by atoms with Crippen molar-refractivity contribution >= 4 is 5.91 Å². The molecular weight excluding hydrogens is 284 g/mol. The van der Waals surface area contributed by atoms with E-state index in [1.54, 1.807) is 11.0 Å². The fourth-order valence-corrected chi connectivity index (χ4v) is 2.21. The van der Waals surface area contributed by atoms with Gasteiger partial charge in [0, 0.05) is 24.9 Å². The van der Waals surface area contributed by atoms with Crippen LogP contribution in [0.2, 0.25) is 0 Å². The second-order valence-corrected chi connectivity index (χ2v) is 5.25. The Bertz CT molecular complexity index is 765.